The minimum atomic E-state index is 0.192. The molecule has 0 amide bonds. The number of aromatic nitrogens is 3. The number of thiophene rings is 1. The van der Waals surface area contributed by atoms with Crippen LogP contribution in [0.25, 0.3) is 0 Å². The summed E-state index contributed by atoms with van der Waals surface area (Å²) in [5.74, 6) is 0. The molecule has 92 valence electrons. The van der Waals surface area contributed by atoms with Gasteiger partial charge in [0.1, 0.15) is 0 Å². The largest absolute Gasteiger partial charge is 0.305 e. The summed E-state index contributed by atoms with van der Waals surface area (Å²) in [6.07, 6.45) is 1.83. The van der Waals surface area contributed by atoms with E-state index >= 15 is 0 Å². The van der Waals surface area contributed by atoms with Gasteiger partial charge in [0, 0.05) is 16.8 Å². The molecule has 17 heavy (non-hydrogen) atoms. The van der Waals surface area contributed by atoms with Crippen LogP contribution >= 0.6 is 11.3 Å². The lowest BCUT2D eigenvalue weighted by Gasteiger charge is -2.15. The minimum Gasteiger partial charge on any atom is -0.305 e. The van der Waals surface area contributed by atoms with Crippen molar-refractivity contribution < 1.29 is 0 Å². The summed E-state index contributed by atoms with van der Waals surface area (Å²) in [4.78, 5) is 2.70. The fraction of sp³-hybridized carbons (Fsp3) is 0.500. The smallest absolute Gasteiger partial charge is 0.0858 e. The Labute approximate surface area is 106 Å². The second-order valence-corrected chi connectivity index (χ2v) is 5.45. The summed E-state index contributed by atoms with van der Waals surface area (Å²) < 4.78 is 1.83. The van der Waals surface area contributed by atoms with E-state index in [1.165, 1.54) is 15.3 Å². The number of aryl methyl sites for hydroxylation is 3. The number of nitrogens with zero attached hydrogens (tertiary/aromatic N) is 3. The molecule has 0 aliphatic carbocycles. The van der Waals surface area contributed by atoms with Crippen LogP contribution < -0.4 is 5.32 Å². The maximum absolute atomic E-state index is 4.01. The van der Waals surface area contributed by atoms with Crippen molar-refractivity contribution in [3.63, 3.8) is 0 Å². The first-order valence-electron chi connectivity index (χ1n) is 5.78. The fourth-order valence-corrected chi connectivity index (χ4v) is 2.99. The van der Waals surface area contributed by atoms with E-state index in [2.05, 4.69) is 42.5 Å². The molecule has 0 radical (unpaired) electrons. The molecule has 0 fully saturated rings. The van der Waals surface area contributed by atoms with Crippen LogP contribution in [-0.2, 0) is 7.05 Å². The molecule has 2 aromatic rings. The number of nitrogens with one attached hydrogen (secondary N) is 1. The zero-order valence-corrected chi connectivity index (χ0v) is 11.5. The molecule has 0 saturated carbocycles. The molecule has 1 atom stereocenters. The molecule has 4 nitrogen and oxygen atoms in total. The Hall–Kier alpha value is -1.20. The summed E-state index contributed by atoms with van der Waals surface area (Å²) in [5.41, 5.74) is 2.45. The van der Waals surface area contributed by atoms with Gasteiger partial charge in [0.15, 0.2) is 0 Å². The molecule has 2 heterocycles. The van der Waals surface area contributed by atoms with E-state index in [1.54, 1.807) is 0 Å². The monoisotopic (exact) mass is 250 g/mol. The maximum Gasteiger partial charge on any atom is 0.0858 e. The van der Waals surface area contributed by atoms with Crippen LogP contribution in [0.2, 0.25) is 0 Å². The van der Waals surface area contributed by atoms with Crippen molar-refractivity contribution in [2.75, 3.05) is 6.54 Å². The standard InChI is InChI=1S/C12H18N4S/c1-5-13-12(10-7-14-15-16(10)4)11-6-8(2)9(3)17-11/h6-7,12-13H,5H2,1-4H3. The van der Waals surface area contributed by atoms with Gasteiger partial charge in [-0.15, -0.1) is 16.4 Å². The number of hydrogen-bond acceptors (Lipinski definition) is 4. The van der Waals surface area contributed by atoms with E-state index in [4.69, 9.17) is 0 Å². The van der Waals surface area contributed by atoms with Crippen molar-refractivity contribution >= 4 is 11.3 Å². The quantitative estimate of drug-likeness (QED) is 0.904. The normalized spacial score (nSPS) is 12.9. The van der Waals surface area contributed by atoms with E-state index in [9.17, 15) is 0 Å². The third kappa shape index (κ3) is 2.40. The molecule has 2 aromatic heterocycles. The number of rotatable bonds is 4. The van der Waals surface area contributed by atoms with E-state index in [1.807, 2.05) is 29.3 Å². The molecule has 0 aliphatic rings. The van der Waals surface area contributed by atoms with Gasteiger partial charge in [-0.25, -0.2) is 0 Å². The Morgan fingerprint density at radius 2 is 2.24 bits per heavy atom. The zero-order valence-electron chi connectivity index (χ0n) is 10.7. The first-order valence-corrected chi connectivity index (χ1v) is 6.60. The van der Waals surface area contributed by atoms with Gasteiger partial charge in [-0.05, 0) is 32.0 Å². The predicted octanol–water partition coefficient (Wildman–Crippen LogP) is 2.19. The van der Waals surface area contributed by atoms with Crippen molar-refractivity contribution in [2.45, 2.75) is 26.8 Å². The van der Waals surface area contributed by atoms with Gasteiger partial charge < -0.3 is 5.32 Å². The Bertz CT molecular complexity index is 481. The van der Waals surface area contributed by atoms with Gasteiger partial charge in [-0.1, -0.05) is 12.1 Å². The van der Waals surface area contributed by atoms with Gasteiger partial charge in [-0.2, -0.15) is 0 Å². The van der Waals surface area contributed by atoms with Gasteiger partial charge in [-0.3, -0.25) is 4.68 Å². The van der Waals surface area contributed by atoms with E-state index in [-0.39, 0.29) is 6.04 Å². The van der Waals surface area contributed by atoms with Crippen molar-refractivity contribution in [1.29, 1.82) is 0 Å². The van der Waals surface area contributed by atoms with Crippen LogP contribution in [0.3, 0.4) is 0 Å². The first kappa shape index (κ1) is 12.3. The van der Waals surface area contributed by atoms with Crippen molar-refractivity contribution in [1.82, 2.24) is 20.3 Å². The molecule has 5 heteroatoms. The second kappa shape index (κ2) is 4.98. The van der Waals surface area contributed by atoms with Crippen LogP contribution in [0.4, 0.5) is 0 Å². The van der Waals surface area contributed by atoms with E-state index < -0.39 is 0 Å². The third-order valence-electron chi connectivity index (χ3n) is 2.92. The zero-order chi connectivity index (χ0) is 12.4. The van der Waals surface area contributed by atoms with Crippen LogP contribution in [0, 0.1) is 13.8 Å². The lowest BCUT2D eigenvalue weighted by atomic mass is 10.1. The highest BCUT2D eigenvalue weighted by Gasteiger charge is 2.19. The van der Waals surface area contributed by atoms with Crippen molar-refractivity contribution in [3.05, 3.63) is 33.3 Å². The lowest BCUT2D eigenvalue weighted by molar-refractivity contribution is 0.574. The minimum absolute atomic E-state index is 0.192. The SMILES string of the molecule is CCNC(c1cc(C)c(C)s1)c1cnnn1C. The van der Waals surface area contributed by atoms with E-state index in [0.29, 0.717) is 0 Å². The highest BCUT2D eigenvalue weighted by molar-refractivity contribution is 7.12. The summed E-state index contributed by atoms with van der Waals surface area (Å²) in [6, 6.07) is 2.44. The lowest BCUT2D eigenvalue weighted by Crippen LogP contribution is -2.23. The van der Waals surface area contributed by atoms with Gasteiger partial charge in [0.2, 0.25) is 0 Å². The molecule has 2 rings (SSSR count). The predicted molar refractivity (Wildman–Crippen MR) is 70.3 cm³/mol. The second-order valence-electron chi connectivity index (χ2n) is 4.16. The molecule has 0 spiro atoms. The van der Waals surface area contributed by atoms with E-state index in [0.717, 1.165) is 12.2 Å². The Balaban J connectivity index is 2.39. The molecule has 0 saturated heterocycles. The van der Waals surface area contributed by atoms with Gasteiger partial charge >= 0.3 is 0 Å². The van der Waals surface area contributed by atoms with Gasteiger partial charge in [0.25, 0.3) is 0 Å². The van der Waals surface area contributed by atoms with Crippen LogP contribution in [0.15, 0.2) is 12.3 Å². The summed E-state index contributed by atoms with van der Waals surface area (Å²) in [5, 5.41) is 11.5. The summed E-state index contributed by atoms with van der Waals surface area (Å²) in [7, 11) is 1.93. The van der Waals surface area contributed by atoms with Gasteiger partial charge in [0.05, 0.1) is 17.9 Å². The average Bonchev–Trinajstić information content (AvgIpc) is 2.83. The Kier molecular flexibility index (Phi) is 3.59. The number of hydrogen-bond donors (Lipinski definition) is 1. The molecule has 0 aliphatic heterocycles. The van der Waals surface area contributed by atoms with Crippen LogP contribution in [0.5, 0.6) is 0 Å². The highest BCUT2D eigenvalue weighted by Crippen LogP contribution is 2.30. The highest BCUT2D eigenvalue weighted by atomic mass is 32.1. The van der Waals surface area contributed by atoms with Crippen LogP contribution in [-0.4, -0.2) is 21.5 Å². The third-order valence-corrected chi connectivity index (χ3v) is 4.14. The first-order chi connectivity index (χ1) is 8.13. The summed E-state index contributed by atoms with van der Waals surface area (Å²) in [6.45, 7) is 7.35. The molecule has 0 bridgehead atoms. The summed E-state index contributed by atoms with van der Waals surface area (Å²) >= 11 is 1.84. The molecular weight excluding hydrogens is 232 g/mol. The molecule has 1 N–H and O–H groups in total. The molecular formula is C12H18N4S. The fourth-order valence-electron chi connectivity index (χ4n) is 1.86. The molecule has 1 unspecified atom stereocenters. The topological polar surface area (TPSA) is 42.7 Å². The van der Waals surface area contributed by atoms with Crippen molar-refractivity contribution in [2.24, 2.45) is 7.05 Å². The Morgan fingerprint density at radius 3 is 2.71 bits per heavy atom. The van der Waals surface area contributed by atoms with Crippen molar-refractivity contribution in [3.8, 4) is 0 Å². The Morgan fingerprint density at radius 1 is 1.47 bits per heavy atom. The molecule has 0 aromatic carbocycles. The maximum atomic E-state index is 4.01. The van der Waals surface area contributed by atoms with Crippen LogP contribution in [0.1, 0.15) is 34.0 Å². The average molecular weight is 250 g/mol.